The molecule has 0 amide bonds. The van der Waals surface area contributed by atoms with Gasteiger partial charge in [-0.25, -0.2) is 0 Å². The Morgan fingerprint density at radius 1 is 1.29 bits per heavy atom. The van der Waals surface area contributed by atoms with Crippen LogP contribution in [-0.4, -0.2) is 53.1 Å². The Bertz CT molecular complexity index is 176. The van der Waals surface area contributed by atoms with Crippen molar-refractivity contribution < 1.29 is 23.4 Å². The monoisotopic (exact) mass is 215 g/mol. The van der Waals surface area contributed by atoms with E-state index in [4.69, 9.17) is 5.11 Å². The summed E-state index contributed by atoms with van der Waals surface area (Å²) in [6, 6.07) is 0. The van der Waals surface area contributed by atoms with Crippen molar-refractivity contribution in [3.8, 4) is 0 Å². The first-order valence-electron chi connectivity index (χ1n) is 4.18. The van der Waals surface area contributed by atoms with Crippen molar-refractivity contribution in [3.63, 3.8) is 0 Å². The first-order chi connectivity index (χ1) is 6.02. The van der Waals surface area contributed by atoms with Gasteiger partial charge in [0.05, 0.1) is 5.60 Å². The van der Waals surface area contributed by atoms with Gasteiger partial charge < -0.3 is 15.1 Å². The smallest absolute Gasteiger partial charge is 0.389 e. The first kappa shape index (κ1) is 13.7. The van der Waals surface area contributed by atoms with Gasteiger partial charge in [-0.05, 0) is 20.9 Å². The van der Waals surface area contributed by atoms with Crippen LogP contribution in [0.5, 0.6) is 0 Å². The van der Waals surface area contributed by atoms with E-state index in [1.54, 1.807) is 0 Å². The second kappa shape index (κ2) is 4.46. The number of likely N-dealkylation sites (N-methyl/N-ethyl adjacent to an activating group) is 1. The summed E-state index contributed by atoms with van der Waals surface area (Å²) in [5, 5.41) is 18.0. The zero-order valence-electron chi connectivity index (χ0n) is 8.47. The van der Waals surface area contributed by atoms with Crippen molar-refractivity contribution in [2.45, 2.75) is 31.7 Å². The highest BCUT2D eigenvalue weighted by Crippen LogP contribution is 2.20. The predicted octanol–water partition coefficient (Wildman–Crippen LogP) is 0.612. The van der Waals surface area contributed by atoms with Crippen molar-refractivity contribution in [1.29, 1.82) is 0 Å². The summed E-state index contributed by atoms with van der Waals surface area (Å²) in [5.74, 6) is 0. The van der Waals surface area contributed by atoms with Crippen LogP contribution in [0, 0.1) is 0 Å². The Balaban J connectivity index is 4.01. The van der Waals surface area contributed by atoms with E-state index in [2.05, 4.69) is 0 Å². The lowest BCUT2D eigenvalue weighted by Crippen LogP contribution is -2.44. The molecule has 0 saturated heterocycles. The van der Waals surface area contributed by atoms with E-state index in [1.165, 1.54) is 25.8 Å². The van der Waals surface area contributed by atoms with E-state index in [9.17, 15) is 18.3 Å². The minimum atomic E-state index is -4.60. The standard InChI is InChI=1S/C8H16F3NO2/c1-7(2,14)5-12(3)4-6(13)8(9,10)11/h6,13-14H,4-5H2,1-3H3. The van der Waals surface area contributed by atoms with Gasteiger partial charge in [0.25, 0.3) is 0 Å². The van der Waals surface area contributed by atoms with Gasteiger partial charge in [0.2, 0.25) is 0 Å². The summed E-state index contributed by atoms with van der Waals surface area (Å²) in [6.45, 7) is 2.51. The van der Waals surface area contributed by atoms with Crippen LogP contribution in [0.25, 0.3) is 0 Å². The maximum absolute atomic E-state index is 11.9. The third kappa shape index (κ3) is 6.17. The largest absolute Gasteiger partial charge is 0.415 e. The van der Waals surface area contributed by atoms with E-state index >= 15 is 0 Å². The van der Waals surface area contributed by atoms with Crippen molar-refractivity contribution in [2.75, 3.05) is 20.1 Å². The number of aliphatic hydroxyl groups excluding tert-OH is 1. The molecule has 2 N–H and O–H groups in total. The maximum atomic E-state index is 11.9. The number of hydrogen-bond donors (Lipinski definition) is 2. The quantitative estimate of drug-likeness (QED) is 0.722. The molecule has 0 heterocycles. The van der Waals surface area contributed by atoms with Crippen LogP contribution in [0.3, 0.4) is 0 Å². The van der Waals surface area contributed by atoms with Gasteiger partial charge in [0.1, 0.15) is 0 Å². The molecule has 14 heavy (non-hydrogen) atoms. The van der Waals surface area contributed by atoms with Gasteiger partial charge in [-0.2, -0.15) is 13.2 Å². The van der Waals surface area contributed by atoms with Crippen molar-refractivity contribution in [3.05, 3.63) is 0 Å². The zero-order chi connectivity index (χ0) is 11.6. The Morgan fingerprint density at radius 3 is 2.00 bits per heavy atom. The van der Waals surface area contributed by atoms with Gasteiger partial charge in [-0.3, -0.25) is 0 Å². The second-order valence-corrected chi connectivity index (χ2v) is 4.07. The van der Waals surface area contributed by atoms with Gasteiger partial charge >= 0.3 is 6.18 Å². The lowest BCUT2D eigenvalue weighted by molar-refractivity contribution is -0.208. The van der Waals surface area contributed by atoms with Crippen molar-refractivity contribution in [2.24, 2.45) is 0 Å². The second-order valence-electron chi connectivity index (χ2n) is 4.07. The van der Waals surface area contributed by atoms with E-state index in [1.807, 2.05) is 0 Å². The van der Waals surface area contributed by atoms with Crippen LogP contribution in [0.15, 0.2) is 0 Å². The van der Waals surface area contributed by atoms with E-state index in [0.717, 1.165) is 0 Å². The minimum Gasteiger partial charge on any atom is -0.389 e. The van der Waals surface area contributed by atoms with Crippen molar-refractivity contribution in [1.82, 2.24) is 4.90 Å². The number of hydrogen-bond acceptors (Lipinski definition) is 3. The lowest BCUT2D eigenvalue weighted by Gasteiger charge is -2.27. The van der Waals surface area contributed by atoms with Gasteiger partial charge in [0, 0.05) is 13.1 Å². The van der Waals surface area contributed by atoms with Crippen LogP contribution in [-0.2, 0) is 0 Å². The highest BCUT2D eigenvalue weighted by atomic mass is 19.4. The average molecular weight is 215 g/mol. The van der Waals surface area contributed by atoms with E-state index in [-0.39, 0.29) is 6.54 Å². The third-order valence-electron chi connectivity index (χ3n) is 1.52. The highest BCUT2D eigenvalue weighted by molar-refractivity contribution is 4.74. The van der Waals surface area contributed by atoms with Crippen LogP contribution < -0.4 is 0 Å². The fourth-order valence-electron chi connectivity index (χ4n) is 1.12. The average Bonchev–Trinajstić information content (AvgIpc) is 1.79. The molecule has 0 aromatic carbocycles. The highest BCUT2D eigenvalue weighted by Gasteiger charge is 2.38. The molecule has 0 spiro atoms. The van der Waals surface area contributed by atoms with Gasteiger partial charge in [0.15, 0.2) is 6.10 Å². The molecule has 1 unspecified atom stereocenters. The number of halogens is 3. The molecular weight excluding hydrogens is 199 g/mol. The van der Waals surface area contributed by atoms with Gasteiger partial charge in [-0.1, -0.05) is 0 Å². The first-order valence-corrected chi connectivity index (χ1v) is 4.18. The van der Waals surface area contributed by atoms with E-state index in [0.29, 0.717) is 0 Å². The molecule has 0 aliphatic heterocycles. The fourth-order valence-corrected chi connectivity index (χ4v) is 1.12. The molecule has 86 valence electrons. The summed E-state index contributed by atoms with van der Waals surface area (Å²) in [7, 11) is 1.41. The molecule has 0 aromatic rings. The predicted molar refractivity (Wildman–Crippen MR) is 45.9 cm³/mol. The van der Waals surface area contributed by atoms with Crippen LogP contribution in [0.1, 0.15) is 13.8 Å². The van der Waals surface area contributed by atoms with Gasteiger partial charge in [-0.15, -0.1) is 0 Å². The molecule has 0 rings (SSSR count). The summed E-state index contributed by atoms with van der Waals surface area (Å²) >= 11 is 0. The SMILES string of the molecule is CN(CC(O)C(F)(F)F)CC(C)(C)O. The Labute approximate surface area is 81.1 Å². The Hall–Kier alpha value is -0.330. The molecule has 0 radical (unpaired) electrons. The third-order valence-corrected chi connectivity index (χ3v) is 1.52. The summed E-state index contributed by atoms with van der Waals surface area (Å²) in [5.41, 5.74) is -1.07. The topological polar surface area (TPSA) is 43.7 Å². The Kier molecular flexibility index (Phi) is 4.35. The number of aliphatic hydroxyl groups is 2. The Morgan fingerprint density at radius 2 is 1.71 bits per heavy atom. The molecular formula is C8H16F3NO2. The molecule has 0 fully saturated rings. The molecule has 0 aliphatic rings. The van der Waals surface area contributed by atoms with Crippen LogP contribution in [0.4, 0.5) is 13.2 Å². The normalized spacial score (nSPS) is 16.1. The molecule has 0 aliphatic carbocycles. The fraction of sp³-hybridized carbons (Fsp3) is 1.00. The molecule has 6 heteroatoms. The number of alkyl halides is 3. The molecule has 0 saturated carbocycles. The number of nitrogens with zero attached hydrogens (tertiary/aromatic N) is 1. The summed E-state index contributed by atoms with van der Waals surface area (Å²) in [6.07, 6.45) is -6.97. The van der Waals surface area contributed by atoms with Crippen molar-refractivity contribution >= 4 is 0 Å². The van der Waals surface area contributed by atoms with Crippen LogP contribution >= 0.6 is 0 Å². The zero-order valence-corrected chi connectivity index (χ0v) is 8.47. The summed E-state index contributed by atoms with van der Waals surface area (Å²) in [4.78, 5) is 1.23. The van der Waals surface area contributed by atoms with Crippen LogP contribution in [0.2, 0.25) is 0 Å². The minimum absolute atomic E-state index is 0.0696. The summed E-state index contributed by atoms with van der Waals surface area (Å²) < 4.78 is 35.7. The lowest BCUT2D eigenvalue weighted by atomic mass is 10.1. The molecule has 0 aromatic heterocycles. The molecule has 3 nitrogen and oxygen atoms in total. The molecule has 1 atom stereocenters. The maximum Gasteiger partial charge on any atom is 0.415 e. The van der Waals surface area contributed by atoms with E-state index < -0.39 is 24.4 Å². The number of rotatable bonds is 4. The molecule has 0 bridgehead atoms.